The zero-order chi connectivity index (χ0) is 16.7. The van der Waals surface area contributed by atoms with Crippen molar-refractivity contribution in [3.63, 3.8) is 0 Å². The van der Waals surface area contributed by atoms with Gasteiger partial charge >= 0.3 is 0 Å². The van der Waals surface area contributed by atoms with Crippen LogP contribution in [0, 0.1) is 23.2 Å². The Morgan fingerprint density at radius 2 is 2.29 bits per heavy atom. The molecule has 0 saturated carbocycles. The minimum absolute atomic E-state index is 0.183. The van der Waals surface area contributed by atoms with Crippen molar-refractivity contribution >= 4 is 10.9 Å². The van der Waals surface area contributed by atoms with Gasteiger partial charge in [0, 0.05) is 24.2 Å². The van der Waals surface area contributed by atoms with E-state index in [1.807, 2.05) is 18.2 Å². The van der Waals surface area contributed by atoms with Crippen LogP contribution in [-0.4, -0.2) is 34.1 Å². The number of aliphatic hydroxyl groups is 1. The summed E-state index contributed by atoms with van der Waals surface area (Å²) in [4.78, 5) is 6.86. The molecule has 4 nitrogen and oxygen atoms in total. The summed E-state index contributed by atoms with van der Waals surface area (Å²) in [6.45, 7) is 4.47. The van der Waals surface area contributed by atoms with Crippen LogP contribution in [0.1, 0.15) is 43.4 Å². The first kappa shape index (κ1) is 15.6. The number of nitrogens with zero attached hydrogens (tertiary/aromatic N) is 3. The van der Waals surface area contributed by atoms with E-state index in [9.17, 15) is 10.4 Å². The molecule has 3 aliphatic rings. The fourth-order valence-electron chi connectivity index (χ4n) is 4.67. The zero-order valence-corrected chi connectivity index (χ0v) is 14.0. The molecular weight excluding hydrogens is 298 g/mol. The van der Waals surface area contributed by atoms with Crippen molar-refractivity contribution in [3.8, 4) is 6.07 Å². The lowest BCUT2D eigenvalue weighted by molar-refractivity contribution is -0.0562. The molecule has 4 heteroatoms. The summed E-state index contributed by atoms with van der Waals surface area (Å²) in [6.07, 6.45) is 4.80. The number of rotatable bonds is 3. The maximum absolute atomic E-state index is 11.1. The molecule has 0 spiro atoms. The molecule has 0 amide bonds. The maximum Gasteiger partial charge on any atom is 0.0991 e. The first-order valence-corrected chi connectivity index (χ1v) is 8.92. The number of piperidine rings is 3. The highest BCUT2D eigenvalue weighted by Gasteiger charge is 2.42. The van der Waals surface area contributed by atoms with Crippen LogP contribution < -0.4 is 0 Å². The minimum Gasteiger partial charge on any atom is -0.387 e. The molecular formula is C20H23N3O. The molecule has 1 N–H and O–H groups in total. The van der Waals surface area contributed by atoms with Crippen LogP contribution in [0.15, 0.2) is 30.5 Å². The topological polar surface area (TPSA) is 60.1 Å². The number of nitriles is 1. The Labute approximate surface area is 142 Å². The Morgan fingerprint density at radius 1 is 1.42 bits per heavy atom. The first-order valence-electron chi connectivity index (χ1n) is 8.92. The van der Waals surface area contributed by atoms with Gasteiger partial charge in [-0.25, -0.2) is 0 Å². The second-order valence-corrected chi connectivity index (χ2v) is 7.20. The van der Waals surface area contributed by atoms with Crippen LogP contribution in [0.4, 0.5) is 0 Å². The smallest absolute Gasteiger partial charge is 0.0991 e. The Bertz CT molecular complexity index is 797. The lowest BCUT2D eigenvalue weighted by Crippen LogP contribution is -2.55. The second kappa shape index (κ2) is 6.16. The molecule has 2 bridgehead atoms. The number of hydrogen-bond donors (Lipinski definition) is 1. The van der Waals surface area contributed by atoms with Crippen LogP contribution in [0.3, 0.4) is 0 Å². The molecule has 0 radical (unpaired) electrons. The molecule has 2 aromatic rings. The Morgan fingerprint density at radius 3 is 3.00 bits per heavy atom. The van der Waals surface area contributed by atoms with Crippen molar-refractivity contribution < 1.29 is 5.11 Å². The van der Waals surface area contributed by atoms with E-state index in [0.29, 0.717) is 5.56 Å². The second-order valence-electron chi connectivity index (χ2n) is 7.20. The van der Waals surface area contributed by atoms with Crippen molar-refractivity contribution in [2.24, 2.45) is 11.8 Å². The summed E-state index contributed by atoms with van der Waals surface area (Å²) in [5.41, 5.74) is 2.36. The average Bonchev–Trinajstić information content (AvgIpc) is 2.66. The fraction of sp³-hybridized carbons (Fsp3) is 0.500. The van der Waals surface area contributed by atoms with Gasteiger partial charge in [0.15, 0.2) is 0 Å². The van der Waals surface area contributed by atoms with Gasteiger partial charge in [-0.05, 0) is 61.1 Å². The molecule has 4 heterocycles. The summed E-state index contributed by atoms with van der Waals surface area (Å²) in [7, 11) is 0. The van der Waals surface area contributed by atoms with Crippen LogP contribution in [0.25, 0.3) is 10.9 Å². The van der Waals surface area contributed by atoms with Crippen LogP contribution >= 0.6 is 0 Å². The molecule has 5 atom stereocenters. The minimum atomic E-state index is -0.523. The van der Waals surface area contributed by atoms with Gasteiger partial charge in [-0.2, -0.15) is 5.26 Å². The zero-order valence-electron chi connectivity index (χ0n) is 14.0. The van der Waals surface area contributed by atoms with Crippen LogP contribution in [0.5, 0.6) is 0 Å². The third-order valence-electron chi connectivity index (χ3n) is 6.05. The van der Waals surface area contributed by atoms with Gasteiger partial charge in [0.05, 0.1) is 23.3 Å². The van der Waals surface area contributed by atoms with E-state index in [-0.39, 0.29) is 6.04 Å². The Balaban J connectivity index is 1.69. The average molecular weight is 321 g/mol. The fourth-order valence-corrected chi connectivity index (χ4v) is 4.67. The van der Waals surface area contributed by atoms with Gasteiger partial charge in [-0.1, -0.05) is 13.3 Å². The lowest BCUT2D eigenvalue weighted by atomic mass is 9.72. The molecule has 3 aliphatic heterocycles. The first-order chi connectivity index (χ1) is 11.7. The SMILES string of the molecule is CC[C@H]1CN2CC[C@H]1CC2[C@H](O)c1ccnc2ccc(C#N)cc12. The largest absolute Gasteiger partial charge is 0.387 e. The standard InChI is InChI=1S/C20H23N3O/c1-2-14-12-23-8-6-15(14)10-19(23)20(24)16-5-7-22-18-4-3-13(11-21)9-17(16)18/h3-5,7,9,14-15,19-20,24H,2,6,8,10,12H2,1H3/t14-,15-,19?,20+/m0/s1. The molecule has 24 heavy (non-hydrogen) atoms. The van der Waals surface area contributed by atoms with Crippen molar-refractivity contribution in [3.05, 3.63) is 41.6 Å². The molecule has 5 rings (SSSR count). The van der Waals surface area contributed by atoms with Crippen molar-refractivity contribution in [2.45, 2.75) is 38.3 Å². The van der Waals surface area contributed by atoms with Gasteiger partial charge in [-0.15, -0.1) is 0 Å². The highest BCUT2D eigenvalue weighted by atomic mass is 16.3. The summed E-state index contributed by atoms with van der Waals surface area (Å²) in [5.74, 6) is 1.52. The molecule has 2 unspecified atom stereocenters. The van der Waals surface area contributed by atoms with Gasteiger partial charge < -0.3 is 5.11 Å². The highest BCUT2D eigenvalue weighted by Crippen LogP contribution is 2.42. The summed E-state index contributed by atoms with van der Waals surface area (Å²) >= 11 is 0. The van der Waals surface area contributed by atoms with Gasteiger partial charge in [0.2, 0.25) is 0 Å². The van der Waals surface area contributed by atoms with Gasteiger partial charge in [0.25, 0.3) is 0 Å². The van der Waals surface area contributed by atoms with E-state index in [1.165, 1.54) is 12.8 Å². The van der Waals surface area contributed by atoms with E-state index in [4.69, 9.17) is 0 Å². The predicted molar refractivity (Wildman–Crippen MR) is 93.3 cm³/mol. The molecule has 1 aromatic carbocycles. The van der Waals surface area contributed by atoms with E-state index in [2.05, 4.69) is 22.9 Å². The molecule has 3 fully saturated rings. The number of fused-ring (bicyclic) bond motifs is 4. The lowest BCUT2D eigenvalue weighted by Gasteiger charge is -2.51. The third kappa shape index (κ3) is 2.49. The normalized spacial score (nSPS) is 30.2. The molecule has 0 aliphatic carbocycles. The van der Waals surface area contributed by atoms with Gasteiger partial charge in [-0.3, -0.25) is 9.88 Å². The van der Waals surface area contributed by atoms with Crippen molar-refractivity contribution in [2.75, 3.05) is 13.1 Å². The summed E-state index contributed by atoms with van der Waals surface area (Å²) in [5, 5.41) is 21.2. The van der Waals surface area contributed by atoms with E-state index in [0.717, 1.165) is 47.8 Å². The molecule has 3 saturated heterocycles. The quantitative estimate of drug-likeness (QED) is 0.942. The van der Waals surface area contributed by atoms with E-state index >= 15 is 0 Å². The molecule has 1 aromatic heterocycles. The highest BCUT2D eigenvalue weighted by molar-refractivity contribution is 5.83. The Kier molecular flexibility index (Phi) is 3.99. The van der Waals surface area contributed by atoms with Crippen molar-refractivity contribution in [1.29, 1.82) is 5.26 Å². The summed E-state index contributed by atoms with van der Waals surface area (Å²) in [6, 6.07) is 9.78. The number of aliphatic hydroxyl groups excluding tert-OH is 1. The summed E-state index contributed by atoms with van der Waals surface area (Å²) < 4.78 is 0. The predicted octanol–water partition coefficient (Wildman–Crippen LogP) is 3.26. The van der Waals surface area contributed by atoms with E-state index < -0.39 is 6.10 Å². The maximum atomic E-state index is 11.1. The number of aromatic nitrogens is 1. The molecule has 124 valence electrons. The third-order valence-corrected chi connectivity index (χ3v) is 6.05. The van der Waals surface area contributed by atoms with Crippen molar-refractivity contribution in [1.82, 2.24) is 9.88 Å². The van der Waals surface area contributed by atoms with Crippen LogP contribution in [-0.2, 0) is 0 Å². The van der Waals surface area contributed by atoms with E-state index in [1.54, 1.807) is 12.3 Å². The number of hydrogen-bond acceptors (Lipinski definition) is 4. The van der Waals surface area contributed by atoms with Gasteiger partial charge in [0.1, 0.15) is 0 Å². The number of benzene rings is 1. The Hall–Kier alpha value is -1.96. The monoisotopic (exact) mass is 321 g/mol. The number of pyridine rings is 1. The van der Waals surface area contributed by atoms with Crippen LogP contribution in [0.2, 0.25) is 0 Å².